The number of ether oxygens (including phenoxy) is 1. The van der Waals surface area contributed by atoms with Crippen molar-refractivity contribution in [2.24, 2.45) is 5.92 Å². The SMILES string of the molecule is CN(CC1CCOC1)C(=O)c1ccc(-c2c[nH]c3ncc(Br)cc23)cc1. The minimum absolute atomic E-state index is 0.0480. The molecule has 3 heterocycles. The molecule has 1 aromatic carbocycles. The van der Waals surface area contributed by atoms with Gasteiger partial charge in [0.15, 0.2) is 0 Å². The molecule has 1 aliphatic heterocycles. The molecule has 1 fully saturated rings. The predicted molar refractivity (Wildman–Crippen MR) is 105 cm³/mol. The van der Waals surface area contributed by atoms with Crippen molar-refractivity contribution >= 4 is 32.9 Å². The molecule has 134 valence electrons. The molecule has 3 aromatic rings. The lowest BCUT2D eigenvalue weighted by atomic mass is 10.0. The van der Waals surface area contributed by atoms with E-state index in [0.29, 0.717) is 11.5 Å². The zero-order valence-electron chi connectivity index (χ0n) is 14.5. The number of carbonyl (C=O) groups is 1. The number of rotatable bonds is 4. The van der Waals surface area contributed by atoms with E-state index in [1.165, 1.54) is 0 Å². The Bertz CT molecular complexity index is 930. The second-order valence-electron chi connectivity index (χ2n) is 6.74. The largest absolute Gasteiger partial charge is 0.381 e. The Morgan fingerprint density at radius 3 is 2.92 bits per heavy atom. The van der Waals surface area contributed by atoms with Gasteiger partial charge in [-0.25, -0.2) is 4.98 Å². The molecule has 0 saturated carbocycles. The second-order valence-corrected chi connectivity index (χ2v) is 7.66. The van der Waals surface area contributed by atoms with Crippen LogP contribution in [0.1, 0.15) is 16.8 Å². The zero-order valence-corrected chi connectivity index (χ0v) is 16.1. The molecule has 1 atom stereocenters. The Morgan fingerprint density at radius 1 is 1.38 bits per heavy atom. The first-order valence-electron chi connectivity index (χ1n) is 8.68. The van der Waals surface area contributed by atoms with Crippen LogP contribution in [0.4, 0.5) is 0 Å². The number of nitrogens with one attached hydrogen (secondary N) is 1. The van der Waals surface area contributed by atoms with Gasteiger partial charge in [0.25, 0.3) is 5.91 Å². The molecule has 5 nitrogen and oxygen atoms in total. The van der Waals surface area contributed by atoms with Crippen molar-refractivity contribution in [3.63, 3.8) is 0 Å². The lowest BCUT2D eigenvalue weighted by Gasteiger charge is -2.20. The number of pyridine rings is 1. The van der Waals surface area contributed by atoms with E-state index >= 15 is 0 Å². The topological polar surface area (TPSA) is 58.2 Å². The molecular weight excluding hydrogens is 394 g/mol. The monoisotopic (exact) mass is 413 g/mol. The van der Waals surface area contributed by atoms with Gasteiger partial charge < -0.3 is 14.6 Å². The van der Waals surface area contributed by atoms with Crippen LogP contribution in [0.5, 0.6) is 0 Å². The van der Waals surface area contributed by atoms with E-state index in [4.69, 9.17) is 4.74 Å². The molecule has 0 radical (unpaired) electrons. The van der Waals surface area contributed by atoms with Crippen molar-refractivity contribution in [3.05, 3.63) is 52.8 Å². The zero-order chi connectivity index (χ0) is 18.1. The number of hydrogen-bond donors (Lipinski definition) is 1. The molecule has 0 spiro atoms. The van der Waals surface area contributed by atoms with E-state index in [0.717, 1.165) is 52.8 Å². The van der Waals surface area contributed by atoms with E-state index in [-0.39, 0.29) is 5.91 Å². The molecule has 1 aliphatic rings. The summed E-state index contributed by atoms with van der Waals surface area (Å²) >= 11 is 3.47. The number of carbonyl (C=O) groups excluding carboxylic acids is 1. The highest BCUT2D eigenvalue weighted by Gasteiger charge is 2.21. The molecule has 2 aromatic heterocycles. The maximum absolute atomic E-state index is 12.6. The molecule has 1 saturated heterocycles. The van der Waals surface area contributed by atoms with Crippen molar-refractivity contribution in [1.82, 2.24) is 14.9 Å². The Morgan fingerprint density at radius 2 is 2.19 bits per heavy atom. The number of H-pyrrole nitrogens is 1. The van der Waals surface area contributed by atoms with Gasteiger partial charge in [-0.05, 0) is 46.1 Å². The average molecular weight is 414 g/mol. The van der Waals surface area contributed by atoms with Crippen molar-refractivity contribution in [2.45, 2.75) is 6.42 Å². The number of nitrogens with zero attached hydrogens (tertiary/aromatic N) is 2. The summed E-state index contributed by atoms with van der Waals surface area (Å²) in [5.74, 6) is 0.493. The third kappa shape index (κ3) is 3.39. The summed E-state index contributed by atoms with van der Waals surface area (Å²) in [7, 11) is 1.86. The standard InChI is InChI=1S/C20H20BrN3O2/c1-24(11-13-6-7-26-12-13)20(25)15-4-2-14(3-5-15)18-10-23-19-17(18)8-16(21)9-22-19/h2-5,8-10,13H,6-7,11-12H2,1H3,(H,22,23). The normalized spacial score (nSPS) is 16.9. The number of aromatic amines is 1. The summed E-state index contributed by atoms with van der Waals surface area (Å²) in [5, 5.41) is 1.05. The van der Waals surface area contributed by atoms with Crippen molar-refractivity contribution in [2.75, 3.05) is 26.8 Å². The molecule has 1 unspecified atom stereocenters. The average Bonchev–Trinajstić information content (AvgIpc) is 3.30. The second kappa shape index (κ2) is 7.21. The van der Waals surface area contributed by atoms with Crippen LogP contribution in [0.3, 0.4) is 0 Å². The molecule has 0 aliphatic carbocycles. The third-order valence-corrected chi connectivity index (χ3v) is 5.28. The van der Waals surface area contributed by atoms with E-state index in [1.54, 1.807) is 11.1 Å². The summed E-state index contributed by atoms with van der Waals surface area (Å²) < 4.78 is 6.33. The van der Waals surface area contributed by atoms with E-state index in [2.05, 4.69) is 25.9 Å². The smallest absolute Gasteiger partial charge is 0.253 e. The van der Waals surface area contributed by atoms with Crippen LogP contribution in [0, 0.1) is 5.92 Å². The minimum Gasteiger partial charge on any atom is -0.381 e. The van der Waals surface area contributed by atoms with Gasteiger partial charge in [0.2, 0.25) is 0 Å². The molecule has 4 rings (SSSR count). The molecule has 1 amide bonds. The van der Waals surface area contributed by atoms with Gasteiger partial charge in [0.1, 0.15) is 5.65 Å². The van der Waals surface area contributed by atoms with Gasteiger partial charge in [0, 0.05) is 59.5 Å². The van der Waals surface area contributed by atoms with E-state index < -0.39 is 0 Å². The first-order chi connectivity index (χ1) is 12.6. The molecule has 26 heavy (non-hydrogen) atoms. The number of hydrogen-bond acceptors (Lipinski definition) is 3. The fourth-order valence-corrected chi connectivity index (χ4v) is 3.76. The highest BCUT2D eigenvalue weighted by molar-refractivity contribution is 9.10. The summed E-state index contributed by atoms with van der Waals surface area (Å²) in [6.45, 7) is 2.29. The predicted octanol–water partition coefficient (Wildman–Crippen LogP) is 4.10. The van der Waals surface area contributed by atoms with Crippen LogP contribution < -0.4 is 0 Å². The van der Waals surface area contributed by atoms with Gasteiger partial charge in [-0.3, -0.25) is 4.79 Å². The van der Waals surface area contributed by atoms with Crippen molar-refractivity contribution in [1.29, 1.82) is 0 Å². The first-order valence-corrected chi connectivity index (χ1v) is 9.47. The Labute approximate surface area is 160 Å². The Hall–Kier alpha value is -2.18. The van der Waals surface area contributed by atoms with Gasteiger partial charge in [-0.1, -0.05) is 12.1 Å². The molecule has 6 heteroatoms. The lowest BCUT2D eigenvalue weighted by Crippen LogP contribution is -2.32. The van der Waals surface area contributed by atoms with Gasteiger partial charge in [0.05, 0.1) is 6.61 Å². The fraction of sp³-hybridized carbons (Fsp3) is 0.300. The maximum Gasteiger partial charge on any atom is 0.253 e. The summed E-state index contributed by atoms with van der Waals surface area (Å²) in [6.07, 6.45) is 4.75. The maximum atomic E-state index is 12.6. The Balaban J connectivity index is 1.54. The summed E-state index contributed by atoms with van der Waals surface area (Å²) in [5.41, 5.74) is 3.68. The molecule has 1 N–H and O–H groups in total. The lowest BCUT2D eigenvalue weighted by molar-refractivity contribution is 0.0766. The third-order valence-electron chi connectivity index (χ3n) is 4.84. The highest BCUT2D eigenvalue weighted by Crippen LogP contribution is 2.29. The number of halogens is 1. The fourth-order valence-electron chi connectivity index (χ4n) is 3.43. The molecule has 0 bridgehead atoms. The van der Waals surface area contributed by atoms with E-state index in [1.807, 2.05) is 43.6 Å². The Kier molecular flexibility index (Phi) is 4.78. The minimum atomic E-state index is 0.0480. The number of amides is 1. The quantitative estimate of drug-likeness (QED) is 0.700. The van der Waals surface area contributed by atoms with Crippen LogP contribution in [-0.4, -0.2) is 47.6 Å². The van der Waals surface area contributed by atoms with E-state index in [9.17, 15) is 4.79 Å². The summed E-state index contributed by atoms with van der Waals surface area (Å²) in [6, 6.07) is 9.81. The van der Waals surface area contributed by atoms with Crippen LogP contribution in [0.25, 0.3) is 22.2 Å². The number of fused-ring (bicyclic) bond motifs is 1. The van der Waals surface area contributed by atoms with Crippen LogP contribution in [-0.2, 0) is 4.74 Å². The van der Waals surface area contributed by atoms with Gasteiger partial charge in [-0.2, -0.15) is 0 Å². The number of aromatic nitrogens is 2. The summed E-state index contributed by atoms with van der Waals surface area (Å²) in [4.78, 5) is 22.0. The van der Waals surface area contributed by atoms with Crippen LogP contribution >= 0.6 is 15.9 Å². The molecular formula is C20H20BrN3O2. The first kappa shape index (κ1) is 17.2. The van der Waals surface area contributed by atoms with Crippen molar-refractivity contribution in [3.8, 4) is 11.1 Å². The van der Waals surface area contributed by atoms with Crippen LogP contribution in [0.2, 0.25) is 0 Å². The van der Waals surface area contributed by atoms with Gasteiger partial charge >= 0.3 is 0 Å². The van der Waals surface area contributed by atoms with Gasteiger partial charge in [-0.15, -0.1) is 0 Å². The van der Waals surface area contributed by atoms with Crippen molar-refractivity contribution < 1.29 is 9.53 Å². The highest BCUT2D eigenvalue weighted by atomic mass is 79.9. The van der Waals surface area contributed by atoms with Crippen LogP contribution in [0.15, 0.2) is 47.2 Å². The number of benzene rings is 1.